The number of nitrogens with one attached hydrogen (secondary N) is 2. The van der Waals surface area contributed by atoms with Gasteiger partial charge in [-0.1, -0.05) is 23.8 Å². The summed E-state index contributed by atoms with van der Waals surface area (Å²) in [5.74, 6) is 0.0864. The van der Waals surface area contributed by atoms with Gasteiger partial charge in [-0.05, 0) is 31.2 Å². The Kier molecular flexibility index (Phi) is 3.31. The Labute approximate surface area is 121 Å². The van der Waals surface area contributed by atoms with Crippen LogP contribution >= 0.6 is 0 Å². The summed E-state index contributed by atoms with van der Waals surface area (Å²) in [7, 11) is 0. The maximum atomic E-state index is 12.3. The van der Waals surface area contributed by atoms with Gasteiger partial charge in [0.2, 0.25) is 0 Å². The maximum absolute atomic E-state index is 12.3. The molecule has 0 aromatic heterocycles. The van der Waals surface area contributed by atoms with Crippen LogP contribution in [0.3, 0.4) is 0 Å². The number of rotatable bonds is 2. The largest absolute Gasteiger partial charge is 0.481 e. The van der Waals surface area contributed by atoms with E-state index >= 15 is 0 Å². The van der Waals surface area contributed by atoms with Crippen LogP contribution < -0.4 is 15.4 Å². The molecule has 5 nitrogen and oxygen atoms in total. The first-order valence-corrected chi connectivity index (χ1v) is 6.57. The number of carbonyl (C=O) groups excluding carboxylic acids is 2. The van der Waals surface area contributed by atoms with Crippen LogP contribution in [0.25, 0.3) is 0 Å². The molecule has 2 N–H and O–H groups in total. The smallest absolute Gasteiger partial charge is 0.262 e. The van der Waals surface area contributed by atoms with Crippen molar-refractivity contribution >= 4 is 23.2 Å². The van der Waals surface area contributed by atoms with E-state index < -0.39 is 0 Å². The van der Waals surface area contributed by atoms with Gasteiger partial charge in [0.05, 0.1) is 5.69 Å². The third-order valence-corrected chi connectivity index (χ3v) is 3.18. The van der Waals surface area contributed by atoms with Gasteiger partial charge < -0.3 is 15.4 Å². The summed E-state index contributed by atoms with van der Waals surface area (Å²) < 4.78 is 5.32. The Hall–Kier alpha value is -2.82. The first kappa shape index (κ1) is 13.2. The van der Waals surface area contributed by atoms with Gasteiger partial charge in [0.1, 0.15) is 11.4 Å². The molecule has 0 radical (unpaired) electrons. The number of aryl methyl sites for hydroxylation is 1. The molecule has 21 heavy (non-hydrogen) atoms. The molecule has 0 atom stereocenters. The predicted molar refractivity (Wildman–Crippen MR) is 79.7 cm³/mol. The second-order valence-corrected chi connectivity index (χ2v) is 4.84. The van der Waals surface area contributed by atoms with Crippen molar-refractivity contribution in [3.8, 4) is 5.75 Å². The first-order chi connectivity index (χ1) is 10.1. The lowest BCUT2D eigenvalue weighted by molar-refractivity contribution is -0.118. The predicted octanol–water partition coefficient (Wildman–Crippen LogP) is 2.58. The minimum Gasteiger partial charge on any atom is -0.481 e. The van der Waals surface area contributed by atoms with Crippen LogP contribution in [0, 0.1) is 6.92 Å². The van der Waals surface area contributed by atoms with Gasteiger partial charge in [0, 0.05) is 5.56 Å². The average molecular weight is 282 g/mol. The van der Waals surface area contributed by atoms with E-state index in [2.05, 4.69) is 10.6 Å². The van der Waals surface area contributed by atoms with Crippen molar-refractivity contribution in [2.24, 2.45) is 0 Å². The molecule has 3 rings (SSSR count). The Morgan fingerprint density at radius 2 is 2.05 bits per heavy atom. The maximum Gasteiger partial charge on any atom is 0.262 e. The van der Waals surface area contributed by atoms with E-state index in [1.165, 1.54) is 0 Å². The van der Waals surface area contributed by atoms with Gasteiger partial charge >= 0.3 is 0 Å². The lowest BCUT2D eigenvalue weighted by atomic mass is 10.1. The molecule has 2 aromatic carbocycles. The number of hydrogen-bond acceptors (Lipinski definition) is 3. The van der Waals surface area contributed by atoms with Crippen molar-refractivity contribution in [2.75, 3.05) is 17.2 Å². The van der Waals surface area contributed by atoms with Crippen molar-refractivity contribution < 1.29 is 14.3 Å². The van der Waals surface area contributed by atoms with Crippen LogP contribution in [0.2, 0.25) is 0 Å². The molecule has 0 saturated heterocycles. The summed E-state index contributed by atoms with van der Waals surface area (Å²) >= 11 is 0. The van der Waals surface area contributed by atoms with Gasteiger partial charge in [-0.3, -0.25) is 9.59 Å². The average Bonchev–Trinajstić information content (AvgIpc) is 2.48. The van der Waals surface area contributed by atoms with Crippen molar-refractivity contribution in [2.45, 2.75) is 6.92 Å². The molecule has 2 aromatic rings. The van der Waals surface area contributed by atoms with Crippen LogP contribution in [0.5, 0.6) is 5.75 Å². The molecular formula is C16H14N2O3. The monoisotopic (exact) mass is 282 g/mol. The normalized spacial score (nSPS) is 12.9. The zero-order valence-electron chi connectivity index (χ0n) is 11.5. The molecule has 5 heteroatoms. The number of benzene rings is 2. The quantitative estimate of drug-likeness (QED) is 0.889. The molecule has 0 bridgehead atoms. The molecule has 1 heterocycles. The second-order valence-electron chi connectivity index (χ2n) is 4.84. The van der Waals surface area contributed by atoms with Crippen LogP contribution in [0.4, 0.5) is 11.4 Å². The Bertz CT molecular complexity index is 725. The Morgan fingerprint density at radius 3 is 2.86 bits per heavy atom. The number of carbonyl (C=O) groups is 2. The number of para-hydroxylation sites is 1. The fourth-order valence-electron chi connectivity index (χ4n) is 2.18. The molecule has 1 aliphatic rings. The van der Waals surface area contributed by atoms with E-state index in [1.807, 2.05) is 19.1 Å². The molecule has 0 spiro atoms. The molecule has 0 unspecified atom stereocenters. The highest BCUT2D eigenvalue weighted by molar-refractivity contribution is 6.08. The standard InChI is InChI=1S/C16H14N2O3/c1-10-4-2-5-11(8-10)16(20)17-12-6-3-7-13-15(12)18-14(19)9-21-13/h2-8H,9H2,1H3,(H,17,20)(H,18,19). The Balaban J connectivity index is 1.89. The molecule has 106 valence electrons. The fourth-order valence-corrected chi connectivity index (χ4v) is 2.18. The van der Waals surface area contributed by atoms with Gasteiger partial charge in [-0.15, -0.1) is 0 Å². The minimum absolute atomic E-state index is 0.0116. The highest BCUT2D eigenvalue weighted by Crippen LogP contribution is 2.34. The van der Waals surface area contributed by atoms with E-state index in [9.17, 15) is 9.59 Å². The molecule has 0 fully saturated rings. The van der Waals surface area contributed by atoms with Crippen molar-refractivity contribution in [3.05, 3.63) is 53.6 Å². The lowest BCUT2D eigenvalue weighted by Crippen LogP contribution is -2.26. The van der Waals surface area contributed by atoms with Crippen LogP contribution in [0.1, 0.15) is 15.9 Å². The van der Waals surface area contributed by atoms with E-state index in [4.69, 9.17) is 4.74 Å². The van der Waals surface area contributed by atoms with E-state index in [0.717, 1.165) is 5.56 Å². The lowest BCUT2D eigenvalue weighted by Gasteiger charge is -2.20. The molecular weight excluding hydrogens is 268 g/mol. The summed E-state index contributed by atoms with van der Waals surface area (Å²) in [6.45, 7) is 1.91. The van der Waals surface area contributed by atoms with Crippen molar-refractivity contribution in [1.82, 2.24) is 0 Å². The van der Waals surface area contributed by atoms with Gasteiger partial charge in [-0.2, -0.15) is 0 Å². The van der Waals surface area contributed by atoms with E-state index in [1.54, 1.807) is 30.3 Å². The zero-order chi connectivity index (χ0) is 14.8. The topological polar surface area (TPSA) is 67.4 Å². The molecule has 1 aliphatic heterocycles. The number of anilines is 2. The summed E-state index contributed by atoms with van der Waals surface area (Å²) in [4.78, 5) is 23.7. The highest BCUT2D eigenvalue weighted by Gasteiger charge is 2.20. The fraction of sp³-hybridized carbons (Fsp3) is 0.125. The first-order valence-electron chi connectivity index (χ1n) is 6.57. The Morgan fingerprint density at radius 1 is 1.24 bits per heavy atom. The number of hydrogen-bond donors (Lipinski definition) is 2. The number of amides is 2. The van der Waals surface area contributed by atoms with E-state index in [-0.39, 0.29) is 18.4 Å². The SMILES string of the molecule is Cc1cccc(C(=O)Nc2cccc3c2NC(=O)CO3)c1. The molecule has 0 saturated carbocycles. The zero-order valence-corrected chi connectivity index (χ0v) is 11.5. The summed E-state index contributed by atoms with van der Waals surface area (Å²) in [5, 5.41) is 5.52. The highest BCUT2D eigenvalue weighted by atomic mass is 16.5. The summed E-state index contributed by atoms with van der Waals surface area (Å²) in [5.41, 5.74) is 2.59. The third kappa shape index (κ3) is 2.72. The van der Waals surface area contributed by atoms with Crippen LogP contribution in [0.15, 0.2) is 42.5 Å². The summed E-state index contributed by atoms with van der Waals surface area (Å²) in [6, 6.07) is 12.5. The van der Waals surface area contributed by atoms with Gasteiger partial charge in [0.15, 0.2) is 6.61 Å². The van der Waals surface area contributed by atoms with E-state index in [0.29, 0.717) is 22.7 Å². The molecule has 0 aliphatic carbocycles. The van der Waals surface area contributed by atoms with Crippen LogP contribution in [-0.2, 0) is 4.79 Å². The van der Waals surface area contributed by atoms with Gasteiger partial charge in [0.25, 0.3) is 11.8 Å². The minimum atomic E-state index is -0.236. The number of fused-ring (bicyclic) bond motifs is 1. The molecule has 2 amide bonds. The van der Waals surface area contributed by atoms with Crippen LogP contribution in [-0.4, -0.2) is 18.4 Å². The number of ether oxygens (including phenoxy) is 1. The second kappa shape index (κ2) is 5.28. The van der Waals surface area contributed by atoms with Crippen molar-refractivity contribution in [3.63, 3.8) is 0 Å². The van der Waals surface area contributed by atoms with Gasteiger partial charge in [-0.25, -0.2) is 0 Å². The summed E-state index contributed by atoms with van der Waals surface area (Å²) in [6.07, 6.45) is 0. The third-order valence-electron chi connectivity index (χ3n) is 3.18. The van der Waals surface area contributed by atoms with Crippen molar-refractivity contribution in [1.29, 1.82) is 0 Å².